The van der Waals surface area contributed by atoms with Crippen molar-refractivity contribution in [3.05, 3.63) is 0 Å². The molecule has 3 aliphatic heterocycles. The number of ether oxygens (including phenoxy) is 5. The summed E-state index contributed by atoms with van der Waals surface area (Å²) in [6.07, 6.45) is 4.68. The Bertz CT molecular complexity index is 633. The molecule has 3 heterocycles. The second-order valence-corrected chi connectivity index (χ2v) is 8.34. The van der Waals surface area contributed by atoms with Crippen molar-refractivity contribution in [1.29, 1.82) is 0 Å². The van der Waals surface area contributed by atoms with E-state index in [4.69, 9.17) is 23.7 Å². The van der Waals surface area contributed by atoms with Crippen molar-refractivity contribution >= 4 is 12.3 Å². The Morgan fingerprint density at radius 3 is 2.58 bits per heavy atom. The Morgan fingerprint density at radius 2 is 1.83 bits per heavy atom. The minimum atomic E-state index is -1.23. The number of hydrogen-bond donors (Lipinski definition) is 0. The predicted molar refractivity (Wildman–Crippen MR) is 75.9 cm³/mol. The van der Waals surface area contributed by atoms with E-state index in [0.717, 1.165) is 45.1 Å². The van der Waals surface area contributed by atoms with Crippen LogP contribution in [0.3, 0.4) is 0 Å². The summed E-state index contributed by atoms with van der Waals surface area (Å²) in [4.78, 5) is 23.7. The molecular formula is C17H20O7. The van der Waals surface area contributed by atoms with Gasteiger partial charge in [-0.3, -0.25) is 0 Å². The van der Waals surface area contributed by atoms with Gasteiger partial charge in [0, 0.05) is 18.9 Å². The third-order valence-electron chi connectivity index (χ3n) is 7.35. The van der Waals surface area contributed by atoms with Crippen LogP contribution in [0.4, 0.5) is 9.59 Å². The lowest BCUT2D eigenvalue weighted by Gasteiger charge is -2.71. The molecule has 0 aromatic heterocycles. The van der Waals surface area contributed by atoms with Gasteiger partial charge in [0.15, 0.2) is 6.10 Å². The SMILES string of the molecule is O=C1OC2C3CC4CC(C5CCCCO5)(C3)C3(OC(=O)O3)C2(C4)O1. The Balaban J connectivity index is 1.53. The first-order valence-corrected chi connectivity index (χ1v) is 9.02. The molecule has 130 valence electrons. The zero-order chi connectivity index (χ0) is 16.2. The van der Waals surface area contributed by atoms with E-state index in [9.17, 15) is 9.59 Å². The smallest absolute Gasteiger partial charge is 0.426 e. The summed E-state index contributed by atoms with van der Waals surface area (Å²) < 4.78 is 28.8. The van der Waals surface area contributed by atoms with Gasteiger partial charge in [0.05, 0.1) is 11.5 Å². The summed E-state index contributed by atoms with van der Waals surface area (Å²) in [5, 5.41) is 0. The predicted octanol–water partition coefficient (Wildman–Crippen LogP) is 2.51. The van der Waals surface area contributed by atoms with Gasteiger partial charge >= 0.3 is 18.1 Å². The molecule has 7 heteroatoms. The van der Waals surface area contributed by atoms with E-state index in [0.29, 0.717) is 12.3 Å². The minimum absolute atomic E-state index is 0.0259. The van der Waals surface area contributed by atoms with Gasteiger partial charge in [-0.15, -0.1) is 0 Å². The molecule has 6 atom stereocenters. The average Bonchev–Trinajstić information content (AvgIpc) is 2.88. The highest BCUT2D eigenvalue weighted by molar-refractivity contribution is 5.70. The molecule has 24 heavy (non-hydrogen) atoms. The largest absolute Gasteiger partial charge is 0.515 e. The molecule has 7 aliphatic rings. The highest BCUT2D eigenvalue weighted by Gasteiger charge is 2.89. The van der Waals surface area contributed by atoms with E-state index in [2.05, 4.69) is 0 Å². The lowest BCUT2D eigenvalue weighted by Crippen LogP contribution is -2.86. The van der Waals surface area contributed by atoms with Gasteiger partial charge in [0.2, 0.25) is 5.60 Å². The van der Waals surface area contributed by atoms with Crippen LogP contribution in [-0.2, 0) is 23.7 Å². The topological polar surface area (TPSA) is 80.3 Å². The number of carbonyl (C=O) groups excluding carboxylic acids is 2. The number of carbonyl (C=O) groups is 2. The van der Waals surface area contributed by atoms with Crippen LogP contribution >= 0.6 is 0 Å². The maximum absolute atomic E-state index is 12.0. The molecule has 7 rings (SSSR count). The Morgan fingerprint density at radius 1 is 0.958 bits per heavy atom. The Hall–Kier alpha value is -1.50. The maximum Gasteiger partial charge on any atom is 0.515 e. The first-order valence-electron chi connectivity index (χ1n) is 9.02. The monoisotopic (exact) mass is 336 g/mol. The quantitative estimate of drug-likeness (QED) is 0.681. The van der Waals surface area contributed by atoms with E-state index in [1.54, 1.807) is 0 Å². The van der Waals surface area contributed by atoms with Gasteiger partial charge in [-0.1, -0.05) is 0 Å². The normalized spacial score (nSPS) is 52.8. The molecule has 7 nitrogen and oxygen atoms in total. The summed E-state index contributed by atoms with van der Waals surface area (Å²) >= 11 is 0. The molecule has 0 amide bonds. The fraction of sp³-hybridized carbons (Fsp3) is 0.882. The van der Waals surface area contributed by atoms with Gasteiger partial charge < -0.3 is 23.7 Å². The van der Waals surface area contributed by atoms with Crippen LogP contribution in [0.1, 0.15) is 44.9 Å². The van der Waals surface area contributed by atoms with Gasteiger partial charge in [0.25, 0.3) is 0 Å². The first kappa shape index (κ1) is 13.8. The third-order valence-corrected chi connectivity index (χ3v) is 7.35. The molecule has 3 saturated heterocycles. The van der Waals surface area contributed by atoms with Crippen molar-refractivity contribution in [3.8, 4) is 0 Å². The fourth-order valence-corrected chi connectivity index (χ4v) is 6.89. The van der Waals surface area contributed by atoms with E-state index in [1.165, 1.54) is 0 Å². The molecule has 7 fully saturated rings. The van der Waals surface area contributed by atoms with Crippen LogP contribution in [0.25, 0.3) is 0 Å². The van der Waals surface area contributed by atoms with E-state index >= 15 is 0 Å². The van der Waals surface area contributed by atoms with Crippen molar-refractivity contribution in [3.63, 3.8) is 0 Å². The van der Waals surface area contributed by atoms with Gasteiger partial charge in [0.1, 0.15) is 0 Å². The Kier molecular flexibility index (Phi) is 2.29. The minimum Gasteiger partial charge on any atom is -0.426 e. The molecule has 0 aromatic carbocycles. The van der Waals surface area contributed by atoms with Gasteiger partial charge in [-0.2, -0.15) is 0 Å². The zero-order valence-electron chi connectivity index (χ0n) is 13.3. The standard InChI is InChI=1S/C17H20O7/c18-13-21-12-10-5-9-6-15(8-10,11-3-1-2-4-20-11)17(23-14(19)24-17)16(12,7-9)22-13/h9-12H,1-8H2. The summed E-state index contributed by atoms with van der Waals surface area (Å²) in [6, 6.07) is 0. The molecule has 2 spiro atoms. The fourth-order valence-electron chi connectivity index (χ4n) is 6.89. The van der Waals surface area contributed by atoms with Crippen molar-refractivity contribution in [2.45, 2.75) is 68.5 Å². The molecule has 4 bridgehead atoms. The molecule has 6 unspecified atom stereocenters. The van der Waals surface area contributed by atoms with Crippen LogP contribution in [0, 0.1) is 17.3 Å². The van der Waals surface area contributed by atoms with Crippen molar-refractivity contribution in [2.75, 3.05) is 6.61 Å². The molecule has 4 aliphatic carbocycles. The second kappa shape index (κ2) is 4.00. The summed E-state index contributed by atoms with van der Waals surface area (Å²) in [5.74, 6) is -0.583. The summed E-state index contributed by atoms with van der Waals surface area (Å²) in [5.41, 5.74) is -1.43. The third kappa shape index (κ3) is 1.26. The van der Waals surface area contributed by atoms with E-state index in [1.807, 2.05) is 0 Å². The lowest BCUT2D eigenvalue weighted by molar-refractivity contribution is -0.455. The molecule has 0 N–H and O–H groups in total. The van der Waals surface area contributed by atoms with E-state index < -0.39 is 29.1 Å². The highest BCUT2D eigenvalue weighted by atomic mass is 16.9. The van der Waals surface area contributed by atoms with Crippen molar-refractivity contribution < 1.29 is 33.3 Å². The molecular weight excluding hydrogens is 316 g/mol. The summed E-state index contributed by atoms with van der Waals surface area (Å²) in [6.45, 7) is 0.721. The second-order valence-electron chi connectivity index (χ2n) is 8.34. The average molecular weight is 336 g/mol. The van der Waals surface area contributed by atoms with E-state index in [-0.39, 0.29) is 18.1 Å². The molecule has 0 aromatic rings. The van der Waals surface area contributed by atoms with Crippen LogP contribution in [0.2, 0.25) is 0 Å². The first-order chi connectivity index (χ1) is 11.6. The lowest BCUT2D eigenvalue weighted by atomic mass is 9.41. The van der Waals surface area contributed by atoms with Gasteiger partial charge in [-0.25, -0.2) is 9.59 Å². The highest BCUT2D eigenvalue weighted by Crippen LogP contribution is 2.74. The van der Waals surface area contributed by atoms with Crippen LogP contribution in [0.5, 0.6) is 0 Å². The van der Waals surface area contributed by atoms with Crippen molar-refractivity contribution in [1.82, 2.24) is 0 Å². The van der Waals surface area contributed by atoms with Gasteiger partial charge in [-0.05, 0) is 44.4 Å². The molecule has 4 saturated carbocycles. The zero-order valence-corrected chi connectivity index (χ0v) is 13.3. The van der Waals surface area contributed by atoms with Crippen LogP contribution < -0.4 is 0 Å². The number of hydrogen-bond acceptors (Lipinski definition) is 7. The molecule has 0 radical (unpaired) electrons. The Labute approximate surface area is 138 Å². The van der Waals surface area contributed by atoms with Crippen LogP contribution in [-0.4, -0.2) is 42.5 Å². The van der Waals surface area contributed by atoms with Crippen LogP contribution in [0.15, 0.2) is 0 Å². The maximum atomic E-state index is 12.0. The number of rotatable bonds is 1. The van der Waals surface area contributed by atoms with Crippen molar-refractivity contribution in [2.24, 2.45) is 17.3 Å². The summed E-state index contributed by atoms with van der Waals surface area (Å²) in [7, 11) is 0.